The van der Waals surface area contributed by atoms with Crippen molar-refractivity contribution in [2.75, 3.05) is 18.4 Å². The van der Waals surface area contributed by atoms with Crippen LogP contribution < -0.4 is 29.4 Å². The molecule has 4 heterocycles. The van der Waals surface area contributed by atoms with Crippen LogP contribution in [0.15, 0.2) is 99.3 Å². The summed E-state index contributed by atoms with van der Waals surface area (Å²) in [6, 6.07) is 22.9. The number of amides is 1. The van der Waals surface area contributed by atoms with Gasteiger partial charge < -0.3 is 14.2 Å². The van der Waals surface area contributed by atoms with Crippen molar-refractivity contribution in [3.05, 3.63) is 115 Å². The number of anilines is 1. The number of rotatable bonds is 6. The van der Waals surface area contributed by atoms with Crippen molar-refractivity contribution in [3.63, 3.8) is 0 Å². The lowest BCUT2D eigenvalue weighted by molar-refractivity contribution is -0.138. The first kappa shape index (κ1) is 27.5. The van der Waals surface area contributed by atoms with Gasteiger partial charge in [0.2, 0.25) is 6.79 Å². The second-order valence-corrected chi connectivity index (χ2v) is 11.3. The quantitative estimate of drug-likeness (QED) is 0.310. The maximum atomic E-state index is 14.2. The molecule has 4 aromatic rings. The maximum absolute atomic E-state index is 14.2. The molecule has 10 nitrogen and oxygen atoms in total. The van der Waals surface area contributed by atoms with Gasteiger partial charge in [0.1, 0.15) is 5.92 Å². The molecular weight excluding hydrogens is 580 g/mol. The van der Waals surface area contributed by atoms with Gasteiger partial charge in [0.25, 0.3) is 11.5 Å². The molecular formula is C33H26N4O6S. The van der Waals surface area contributed by atoms with Gasteiger partial charge in [-0.3, -0.25) is 14.2 Å². The third-order valence-corrected chi connectivity index (χ3v) is 8.59. The summed E-state index contributed by atoms with van der Waals surface area (Å²) >= 11 is 1.16. The normalized spacial score (nSPS) is 19.1. The number of hydrogen-bond acceptors (Lipinski definition) is 9. The highest BCUT2D eigenvalue weighted by Gasteiger charge is 2.37. The Kier molecular flexibility index (Phi) is 6.94. The molecule has 0 saturated carbocycles. The van der Waals surface area contributed by atoms with Crippen LogP contribution in [0.25, 0.3) is 11.8 Å². The van der Waals surface area contributed by atoms with E-state index in [4.69, 9.17) is 19.2 Å². The highest BCUT2D eigenvalue weighted by atomic mass is 32.1. The van der Waals surface area contributed by atoms with Gasteiger partial charge in [0.05, 0.1) is 39.9 Å². The summed E-state index contributed by atoms with van der Waals surface area (Å²) in [7, 11) is 0. The number of thiazole rings is 1. The lowest BCUT2D eigenvalue weighted by Crippen LogP contribution is -2.40. The van der Waals surface area contributed by atoms with Crippen molar-refractivity contribution in [2.45, 2.75) is 19.9 Å². The van der Waals surface area contributed by atoms with E-state index >= 15 is 0 Å². The summed E-state index contributed by atoms with van der Waals surface area (Å²) in [5, 5.41) is 5.84. The minimum absolute atomic E-state index is 0.0771. The molecule has 0 aliphatic carbocycles. The van der Waals surface area contributed by atoms with E-state index in [0.29, 0.717) is 49.1 Å². The molecule has 0 unspecified atom stereocenters. The zero-order chi connectivity index (χ0) is 30.4. The largest absolute Gasteiger partial charge is 0.463 e. The summed E-state index contributed by atoms with van der Waals surface area (Å²) in [5.74, 6) is -0.499. The Bertz CT molecular complexity index is 2050. The molecule has 2 atom stereocenters. The SMILES string of the molecule is CCOC(=O)C1=C(c2ccccc2)N=c2s/c(=C/[C@@H]3C(=O)N(c4ccccc4)N=C3C)c(=O)n2[C@H]1c1ccc2c(c1)OCO2. The number of aromatic nitrogens is 1. The van der Waals surface area contributed by atoms with Crippen LogP contribution >= 0.6 is 11.3 Å². The molecule has 0 saturated heterocycles. The van der Waals surface area contributed by atoms with Gasteiger partial charge in [0.15, 0.2) is 16.3 Å². The highest BCUT2D eigenvalue weighted by Crippen LogP contribution is 2.40. The summed E-state index contributed by atoms with van der Waals surface area (Å²) in [5.41, 5.74) is 2.77. The van der Waals surface area contributed by atoms with Gasteiger partial charge in [-0.15, -0.1) is 0 Å². The van der Waals surface area contributed by atoms with Crippen molar-refractivity contribution in [2.24, 2.45) is 16.0 Å². The molecule has 3 aromatic carbocycles. The molecule has 3 aliphatic rings. The van der Waals surface area contributed by atoms with Gasteiger partial charge in [-0.25, -0.2) is 9.79 Å². The number of para-hydroxylation sites is 1. The Morgan fingerprint density at radius 3 is 2.50 bits per heavy atom. The standard InChI is InChI=1S/C33H26N4O6S/c1-3-41-32(40)27-28(20-10-6-4-7-11-20)34-33-36(29(27)21-14-15-24-25(16-21)43-18-42-24)31(39)26(44-33)17-23-19(2)35-37(30(23)38)22-12-8-5-9-13-22/h4-17,23,29H,3,18H2,1-2H3/b26-17+/t23-,29-/m0/s1. The average molecular weight is 607 g/mol. The van der Waals surface area contributed by atoms with Crippen LogP contribution in [0.5, 0.6) is 11.5 Å². The number of ether oxygens (including phenoxy) is 3. The molecule has 0 fully saturated rings. The molecule has 44 heavy (non-hydrogen) atoms. The fraction of sp³-hybridized carbons (Fsp3) is 0.182. The minimum atomic E-state index is -0.882. The van der Waals surface area contributed by atoms with Crippen molar-refractivity contribution in [3.8, 4) is 11.5 Å². The molecule has 0 bridgehead atoms. The number of carbonyl (C=O) groups is 2. The molecule has 1 amide bonds. The Labute approximate surface area is 255 Å². The minimum Gasteiger partial charge on any atom is -0.463 e. The number of hydrogen-bond donors (Lipinski definition) is 0. The second-order valence-electron chi connectivity index (χ2n) is 10.3. The number of benzene rings is 3. The van der Waals surface area contributed by atoms with Gasteiger partial charge in [0, 0.05) is 5.56 Å². The number of fused-ring (bicyclic) bond motifs is 2. The smallest absolute Gasteiger partial charge is 0.338 e. The van der Waals surface area contributed by atoms with E-state index in [1.165, 1.54) is 9.58 Å². The van der Waals surface area contributed by atoms with E-state index in [0.717, 1.165) is 11.3 Å². The molecule has 0 radical (unpaired) electrons. The van der Waals surface area contributed by atoms with Crippen molar-refractivity contribution < 1.29 is 23.8 Å². The number of carbonyl (C=O) groups excluding carboxylic acids is 2. The van der Waals surface area contributed by atoms with Crippen LogP contribution in [0.1, 0.15) is 31.0 Å². The zero-order valence-electron chi connectivity index (χ0n) is 23.8. The first-order valence-electron chi connectivity index (χ1n) is 14.1. The first-order chi connectivity index (χ1) is 21.4. The van der Waals surface area contributed by atoms with E-state index in [-0.39, 0.29) is 30.4 Å². The molecule has 0 spiro atoms. The zero-order valence-corrected chi connectivity index (χ0v) is 24.6. The van der Waals surface area contributed by atoms with Gasteiger partial charge >= 0.3 is 5.97 Å². The number of esters is 1. The molecule has 220 valence electrons. The van der Waals surface area contributed by atoms with Crippen molar-refractivity contribution >= 4 is 46.4 Å². The van der Waals surface area contributed by atoms with Crippen LogP contribution in [-0.4, -0.2) is 35.6 Å². The van der Waals surface area contributed by atoms with Crippen molar-refractivity contribution in [1.29, 1.82) is 0 Å². The van der Waals surface area contributed by atoms with Gasteiger partial charge in [-0.05, 0) is 49.8 Å². The maximum Gasteiger partial charge on any atom is 0.338 e. The van der Waals surface area contributed by atoms with Crippen LogP contribution in [-0.2, 0) is 14.3 Å². The third-order valence-electron chi connectivity index (χ3n) is 7.59. The number of nitrogens with zero attached hydrogens (tertiary/aromatic N) is 4. The fourth-order valence-electron chi connectivity index (χ4n) is 5.53. The van der Waals surface area contributed by atoms with Crippen molar-refractivity contribution in [1.82, 2.24) is 4.57 Å². The van der Waals surface area contributed by atoms with E-state index in [2.05, 4.69) is 5.10 Å². The predicted octanol–water partition coefficient (Wildman–Crippen LogP) is 3.65. The van der Waals surface area contributed by atoms with Crippen LogP contribution in [0.4, 0.5) is 5.69 Å². The van der Waals surface area contributed by atoms with Crippen LogP contribution in [0.2, 0.25) is 0 Å². The summed E-state index contributed by atoms with van der Waals surface area (Å²) < 4.78 is 18.5. The predicted molar refractivity (Wildman–Crippen MR) is 165 cm³/mol. The molecule has 7 rings (SSSR count). The van der Waals surface area contributed by atoms with Gasteiger partial charge in [-0.1, -0.05) is 65.9 Å². The van der Waals surface area contributed by atoms with E-state index in [9.17, 15) is 14.4 Å². The number of hydrazone groups is 1. The van der Waals surface area contributed by atoms with E-state index < -0.39 is 17.9 Å². The molecule has 1 aromatic heterocycles. The highest BCUT2D eigenvalue weighted by molar-refractivity contribution is 7.07. The molecule has 3 aliphatic heterocycles. The summed E-state index contributed by atoms with van der Waals surface area (Å²) in [4.78, 5) is 46.6. The Morgan fingerprint density at radius 1 is 1.02 bits per heavy atom. The van der Waals surface area contributed by atoms with Crippen LogP contribution in [0, 0.1) is 5.92 Å². The fourth-order valence-corrected chi connectivity index (χ4v) is 6.54. The topological polar surface area (TPSA) is 112 Å². The molecule has 11 heteroatoms. The monoisotopic (exact) mass is 606 g/mol. The van der Waals surface area contributed by atoms with Gasteiger partial charge in [-0.2, -0.15) is 10.1 Å². The Hall–Kier alpha value is -5.29. The van der Waals surface area contributed by atoms with E-state index in [1.54, 1.807) is 50.3 Å². The second kappa shape index (κ2) is 11.1. The lowest BCUT2D eigenvalue weighted by Gasteiger charge is -2.26. The first-order valence-corrected chi connectivity index (χ1v) is 14.9. The Balaban J connectivity index is 1.43. The Morgan fingerprint density at radius 2 is 1.75 bits per heavy atom. The lowest BCUT2D eigenvalue weighted by atomic mass is 9.93. The van der Waals surface area contributed by atoms with Crippen LogP contribution in [0.3, 0.4) is 0 Å². The van der Waals surface area contributed by atoms with E-state index in [1.807, 2.05) is 48.5 Å². The molecule has 0 N–H and O–H groups in total. The average Bonchev–Trinajstić information content (AvgIpc) is 3.73. The summed E-state index contributed by atoms with van der Waals surface area (Å²) in [6.07, 6.45) is 1.64. The summed E-state index contributed by atoms with van der Waals surface area (Å²) in [6.45, 7) is 3.71. The third kappa shape index (κ3) is 4.62.